The van der Waals surface area contributed by atoms with E-state index in [1.165, 1.54) is 12.1 Å². The number of hydrogen-bond donors (Lipinski definition) is 3. The minimum atomic E-state index is -0.393. The average Bonchev–Trinajstić information content (AvgIpc) is 2.41. The quantitative estimate of drug-likeness (QED) is 0.363. The lowest BCUT2D eigenvalue weighted by Crippen LogP contribution is -2.05. The van der Waals surface area contributed by atoms with E-state index in [9.17, 15) is 10.1 Å². The van der Waals surface area contributed by atoms with Crippen LogP contribution in [0.5, 0.6) is 0 Å². The first kappa shape index (κ1) is 15.2. The summed E-state index contributed by atoms with van der Waals surface area (Å²) in [4.78, 5) is 10.5. The smallest absolute Gasteiger partial charge is 0.273 e. The van der Waals surface area contributed by atoms with Gasteiger partial charge in [0.15, 0.2) is 0 Å². The number of non-ortho nitro benzene ring substituents is 1. The molecule has 0 saturated heterocycles. The third-order valence-corrected chi connectivity index (χ3v) is 2.62. The number of nitro groups is 1. The first-order valence-corrected chi connectivity index (χ1v) is 6.55. The Morgan fingerprint density at radius 3 is 2.32 bits per heavy atom. The summed E-state index contributed by atoms with van der Waals surface area (Å²) in [6, 6.07) is 4.92. The predicted molar refractivity (Wildman–Crippen MR) is 76.7 cm³/mol. The molecule has 0 aromatic heterocycles. The predicted octanol–water partition coefficient (Wildman–Crippen LogP) is 2.60. The van der Waals surface area contributed by atoms with Gasteiger partial charge in [-0.25, -0.2) is 0 Å². The summed E-state index contributed by atoms with van der Waals surface area (Å²) in [5.74, 6) is 0. The van der Waals surface area contributed by atoms with E-state index in [0.29, 0.717) is 6.54 Å². The zero-order valence-electron chi connectivity index (χ0n) is 11.2. The molecular formula is C13H21N3O3. The zero-order chi connectivity index (χ0) is 14.1. The molecule has 0 amide bonds. The molecule has 19 heavy (non-hydrogen) atoms. The number of aliphatic hydroxyl groups excluding tert-OH is 1. The molecular weight excluding hydrogens is 246 g/mol. The third-order valence-electron chi connectivity index (χ3n) is 2.62. The molecule has 0 aliphatic rings. The van der Waals surface area contributed by atoms with Crippen molar-refractivity contribution in [3.8, 4) is 0 Å². The molecule has 0 aliphatic heterocycles. The molecule has 0 unspecified atom stereocenters. The van der Waals surface area contributed by atoms with Crippen LogP contribution in [0, 0.1) is 10.1 Å². The van der Waals surface area contributed by atoms with Gasteiger partial charge in [0.25, 0.3) is 5.69 Å². The Labute approximate surface area is 113 Å². The van der Waals surface area contributed by atoms with Crippen molar-refractivity contribution in [2.75, 3.05) is 30.3 Å². The minimum absolute atomic E-state index is 0.0748. The van der Waals surface area contributed by atoms with Crippen molar-refractivity contribution < 1.29 is 10.0 Å². The van der Waals surface area contributed by atoms with Crippen LogP contribution in [0.15, 0.2) is 18.2 Å². The topological polar surface area (TPSA) is 87.4 Å². The van der Waals surface area contributed by atoms with E-state index < -0.39 is 4.92 Å². The average molecular weight is 267 g/mol. The van der Waals surface area contributed by atoms with Crippen molar-refractivity contribution >= 4 is 17.1 Å². The SMILES string of the molecule is CCCNc1cc(NCCCCO)cc([N+](=O)[O-])c1. The number of unbranched alkanes of at least 4 members (excludes halogenated alkanes) is 1. The Bertz CT molecular complexity index is 410. The summed E-state index contributed by atoms with van der Waals surface area (Å²) >= 11 is 0. The summed E-state index contributed by atoms with van der Waals surface area (Å²) in [6.07, 6.45) is 2.52. The summed E-state index contributed by atoms with van der Waals surface area (Å²) in [7, 11) is 0. The second kappa shape index (κ2) is 8.31. The molecule has 0 fully saturated rings. The van der Waals surface area contributed by atoms with E-state index in [2.05, 4.69) is 10.6 Å². The summed E-state index contributed by atoms with van der Waals surface area (Å²) in [5.41, 5.74) is 1.55. The third kappa shape index (κ3) is 5.56. The number of nitro benzene ring substituents is 1. The lowest BCUT2D eigenvalue weighted by molar-refractivity contribution is -0.384. The second-order valence-corrected chi connectivity index (χ2v) is 4.31. The maximum Gasteiger partial charge on any atom is 0.273 e. The van der Waals surface area contributed by atoms with Crippen LogP contribution >= 0.6 is 0 Å². The van der Waals surface area contributed by atoms with E-state index in [-0.39, 0.29) is 12.3 Å². The Balaban J connectivity index is 2.72. The molecule has 106 valence electrons. The van der Waals surface area contributed by atoms with Crippen LogP contribution in [-0.4, -0.2) is 29.7 Å². The van der Waals surface area contributed by atoms with Crippen molar-refractivity contribution in [3.05, 3.63) is 28.3 Å². The highest BCUT2D eigenvalue weighted by molar-refractivity contribution is 5.63. The van der Waals surface area contributed by atoms with Gasteiger partial charge >= 0.3 is 0 Å². The monoisotopic (exact) mass is 267 g/mol. The lowest BCUT2D eigenvalue weighted by Gasteiger charge is -2.10. The Kier molecular flexibility index (Phi) is 6.67. The van der Waals surface area contributed by atoms with E-state index in [1.807, 2.05) is 13.0 Å². The molecule has 0 atom stereocenters. The number of nitrogens with one attached hydrogen (secondary N) is 2. The Morgan fingerprint density at radius 1 is 1.16 bits per heavy atom. The maximum atomic E-state index is 10.9. The summed E-state index contributed by atoms with van der Waals surface area (Å²) in [5, 5.41) is 25.9. The maximum absolute atomic E-state index is 10.9. The van der Waals surface area contributed by atoms with Crippen LogP contribution in [0.1, 0.15) is 26.2 Å². The summed E-state index contributed by atoms with van der Waals surface area (Å²) < 4.78 is 0. The van der Waals surface area contributed by atoms with E-state index >= 15 is 0 Å². The van der Waals surface area contributed by atoms with Crippen molar-refractivity contribution in [1.29, 1.82) is 0 Å². The Morgan fingerprint density at radius 2 is 1.79 bits per heavy atom. The molecule has 3 N–H and O–H groups in total. The van der Waals surface area contributed by atoms with Gasteiger partial charge in [-0.3, -0.25) is 10.1 Å². The van der Waals surface area contributed by atoms with Gasteiger partial charge in [0.1, 0.15) is 0 Å². The van der Waals surface area contributed by atoms with Gasteiger partial charge in [-0.15, -0.1) is 0 Å². The highest BCUT2D eigenvalue weighted by atomic mass is 16.6. The van der Waals surface area contributed by atoms with Crippen LogP contribution in [0.2, 0.25) is 0 Å². The fourth-order valence-electron chi connectivity index (χ4n) is 1.66. The van der Waals surface area contributed by atoms with Gasteiger partial charge in [-0.1, -0.05) is 6.92 Å². The van der Waals surface area contributed by atoms with Gasteiger partial charge in [0, 0.05) is 43.2 Å². The lowest BCUT2D eigenvalue weighted by atomic mass is 10.2. The molecule has 0 heterocycles. The van der Waals surface area contributed by atoms with E-state index in [4.69, 9.17) is 5.11 Å². The first-order valence-electron chi connectivity index (χ1n) is 6.55. The van der Waals surface area contributed by atoms with Gasteiger partial charge in [0.2, 0.25) is 0 Å². The fraction of sp³-hybridized carbons (Fsp3) is 0.538. The first-order chi connectivity index (χ1) is 9.17. The zero-order valence-corrected chi connectivity index (χ0v) is 11.2. The van der Waals surface area contributed by atoms with Gasteiger partial charge in [-0.05, 0) is 25.3 Å². The van der Waals surface area contributed by atoms with Crippen LogP contribution in [0.25, 0.3) is 0 Å². The molecule has 1 aromatic carbocycles. The van der Waals surface area contributed by atoms with E-state index in [0.717, 1.165) is 37.2 Å². The highest BCUT2D eigenvalue weighted by Gasteiger charge is 2.09. The van der Waals surface area contributed by atoms with Crippen LogP contribution in [0.3, 0.4) is 0 Å². The fourth-order valence-corrected chi connectivity index (χ4v) is 1.66. The van der Waals surface area contributed by atoms with Gasteiger partial charge < -0.3 is 15.7 Å². The molecule has 1 aromatic rings. The number of benzene rings is 1. The van der Waals surface area contributed by atoms with Crippen molar-refractivity contribution in [2.24, 2.45) is 0 Å². The standard InChI is InChI=1S/C13H21N3O3/c1-2-5-14-11-8-12(15-6-3-4-7-17)10-13(9-11)16(18)19/h8-10,14-15,17H,2-7H2,1H3. The number of hydrogen-bond acceptors (Lipinski definition) is 5. The molecule has 6 heteroatoms. The minimum Gasteiger partial charge on any atom is -0.396 e. The van der Waals surface area contributed by atoms with Crippen molar-refractivity contribution in [3.63, 3.8) is 0 Å². The molecule has 0 saturated carbocycles. The largest absolute Gasteiger partial charge is 0.396 e. The van der Waals surface area contributed by atoms with Crippen LogP contribution in [-0.2, 0) is 0 Å². The molecule has 0 spiro atoms. The number of nitrogens with zero attached hydrogens (tertiary/aromatic N) is 1. The number of anilines is 2. The normalized spacial score (nSPS) is 10.2. The van der Waals surface area contributed by atoms with Gasteiger partial charge in [0.05, 0.1) is 4.92 Å². The molecule has 1 rings (SSSR count). The number of rotatable bonds is 9. The number of aliphatic hydroxyl groups is 1. The Hall–Kier alpha value is -1.82. The van der Waals surface area contributed by atoms with Gasteiger partial charge in [-0.2, -0.15) is 0 Å². The van der Waals surface area contributed by atoms with Crippen LogP contribution in [0.4, 0.5) is 17.1 Å². The van der Waals surface area contributed by atoms with Crippen LogP contribution < -0.4 is 10.6 Å². The molecule has 6 nitrogen and oxygen atoms in total. The molecule has 0 bridgehead atoms. The van der Waals surface area contributed by atoms with Crippen molar-refractivity contribution in [2.45, 2.75) is 26.2 Å². The molecule has 0 radical (unpaired) electrons. The molecule has 0 aliphatic carbocycles. The second-order valence-electron chi connectivity index (χ2n) is 4.31. The highest BCUT2D eigenvalue weighted by Crippen LogP contribution is 2.24. The van der Waals surface area contributed by atoms with E-state index in [1.54, 1.807) is 0 Å². The van der Waals surface area contributed by atoms with Crippen molar-refractivity contribution in [1.82, 2.24) is 0 Å². The summed E-state index contributed by atoms with van der Waals surface area (Å²) in [6.45, 7) is 3.68.